The van der Waals surface area contributed by atoms with Crippen LogP contribution in [0.25, 0.3) is 0 Å². The molecule has 4 heteroatoms. The van der Waals surface area contributed by atoms with E-state index in [2.05, 4.69) is 6.92 Å². The van der Waals surface area contributed by atoms with Gasteiger partial charge in [0.25, 0.3) is 5.79 Å². The SMILES string of the molecule is CCCCCCOC1(OO)c2ccccc2C(=O)c2ccccc21. The fraction of sp³-hybridized carbons (Fsp3) is 0.350. The molecule has 2 aromatic carbocycles. The third kappa shape index (κ3) is 2.77. The minimum atomic E-state index is -1.45. The molecule has 1 aliphatic rings. The van der Waals surface area contributed by atoms with Gasteiger partial charge in [0, 0.05) is 22.3 Å². The van der Waals surface area contributed by atoms with Gasteiger partial charge >= 0.3 is 0 Å². The lowest BCUT2D eigenvalue weighted by molar-refractivity contribution is -0.396. The van der Waals surface area contributed by atoms with Crippen LogP contribution in [0.4, 0.5) is 0 Å². The molecule has 2 aromatic rings. The molecule has 0 atom stereocenters. The van der Waals surface area contributed by atoms with Crippen LogP contribution in [-0.4, -0.2) is 17.6 Å². The van der Waals surface area contributed by atoms with Crippen molar-refractivity contribution in [2.75, 3.05) is 6.61 Å². The zero-order chi connectivity index (χ0) is 17.0. The predicted molar refractivity (Wildman–Crippen MR) is 90.9 cm³/mol. The van der Waals surface area contributed by atoms with Gasteiger partial charge in [-0.1, -0.05) is 74.7 Å². The van der Waals surface area contributed by atoms with Crippen LogP contribution in [0.1, 0.15) is 59.7 Å². The smallest absolute Gasteiger partial charge is 0.255 e. The van der Waals surface area contributed by atoms with Crippen LogP contribution in [0.2, 0.25) is 0 Å². The van der Waals surface area contributed by atoms with Crippen LogP contribution in [0.15, 0.2) is 48.5 Å². The summed E-state index contributed by atoms with van der Waals surface area (Å²) in [7, 11) is 0. The number of fused-ring (bicyclic) bond motifs is 2. The number of carbonyl (C=O) groups is 1. The van der Waals surface area contributed by atoms with E-state index in [4.69, 9.17) is 9.62 Å². The minimum Gasteiger partial charge on any atom is -0.340 e. The third-order valence-electron chi connectivity index (χ3n) is 4.48. The number of hydrogen-bond acceptors (Lipinski definition) is 4. The van der Waals surface area contributed by atoms with E-state index in [-0.39, 0.29) is 5.78 Å². The lowest BCUT2D eigenvalue weighted by Crippen LogP contribution is -2.40. The number of carbonyl (C=O) groups excluding carboxylic acids is 1. The average molecular weight is 326 g/mol. The molecule has 0 heterocycles. The van der Waals surface area contributed by atoms with Crippen molar-refractivity contribution >= 4 is 5.78 Å². The normalized spacial score (nSPS) is 15.0. The van der Waals surface area contributed by atoms with E-state index in [1.807, 2.05) is 12.1 Å². The topological polar surface area (TPSA) is 55.8 Å². The number of unbranched alkanes of at least 4 members (excludes halogenated alkanes) is 3. The molecule has 4 nitrogen and oxygen atoms in total. The molecule has 1 aliphatic carbocycles. The zero-order valence-corrected chi connectivity index (χ0v) is 13.8. The molecule has 0 spiro atoms. The summed E-state index contributed by atoms with van der Waals surface area (Å²) in [6, 6.07) is 14.2. The van der Waals surface area contributed by atoms with Gasteiger partial charge in [-0.25, -0.2) is 5.26 Å². The first kappa shape index (κ1) is 16.8. The second-order valence-corrected chi connectivity index (χ2v) is 6.04. The van der Waals surface area contributed by atoms with Gasteiger partial charge in [-0.15, -0.1) is 0 Å². The van der Waals surface area contributed by atoms with Gasteiger partial charge < -0.3 is 4.74 Å². The summed E-state index contributed by atoms with van der Waals surface area (Å²) in [6.07, 6.45) is 4.21. The van der Waals surface area contributed by atoms with Gasteiger partial charge in [0.05, 0.1) is 6.61 Å². The van der Waals surface area contributed by atoms with E-state index in [1.165, 1.54) is 0 Å². The molecular weight excluding hydrogens is 304 g/mol. The first-order valence-electron chi connectivity index (χ1n) is 8.45. The molecule has 0 amide bonds. The lowest BCUT2D eigenvalue weighted by Gasteiger charge is -2.36. The Hall–Kier alpha value is -2.01. The quantitative estimate of drug-likeness (QED) is 0.352. The molecule has 0 fully saturated rings. The zero-order valence-electron chi connectivity index (χ0n) is 13.8. The molecule has 3 rings (SSSR count). The molecule has 1 N–H and O–H groups in total. The maximum Gasteiger partial charge on any atom is 0.255 e. The highest BCUT2D eigenvalue weighted by molar-refractivity contribution is 6.12. The van der Waals surface area contributed by atoms with Crippen LogP contribution >= 0.6 is 0 Å². The fourth-order valence-electron chi connectivity index (χ4n) is 3.25. The van der Waals surface area contributed by atoms with Gasteiger partial charge in [0.1, 0.15) is 0 Å². The standard InChI is InChI=1S/C20H22O4/c1-2-3-4-9-14-23-20(24-22)17-12-7-5-10-15(17)19(21)16-11-6-8-13-18(16)20/h5-8,10-13,22H,2-4,9,14H2,1H3. The highest BCUT2D eigenvalue weighted by Crippen LogP contribution is 2.43. The van der Waals surface area contributed by atoms with E-state index in [9.17, 15) is 10.1 Å². The van der Waals surface area contributed by atoms with Crippen molar-refractivity contribution in [3.05, 3.63) is 70.8 Å². The van der Waals surface area contributed by atoms with E-state index in [1.54, 1.807) is 36.4 Å². The Bertz CT molecular complexity index is 674. The van der Waals surface area contributed by atoms with Crippen LogP contribution in [0.3, 0.4) is 0 Å². The van der Waals surface area contributed by atoms with E-state index < -0.39 is 5.79 Å². The number of hydrogen-bond donors (Lipinski definition) is 1. The molecule has 0 saturated carbocycles. The van der Waals surface area contributed by atoms with Gasteiger partial charge in [0.2, 0.25) is 0 Å². The van der Waals surface area contributed by atoms with Crippen molar-refractivity contribution in [3.8, 4) is 0 Å². The van der Waals surface area contributed by atoms with Crippen molar-refractivity contribution in [2.24, 2.45) is 0 Å². The monoisotopic (exact) mass is 326 g/mol. The molecule has 0 bridgehead atoms. The highest BCUT2D eigenvalue weighted by Gasteiger charge is 2.46. The Morgan fingerprint density at radius 2 is 1.50 bits per heavy atom. The van der Waals surface area contributed by atoms with Crippen molar-refractivity contribution < 1.29 is 19.7 Å². The third-order valence-corrected chi connectivity index (χ3v) is 4.48. The molecule has 24 heavy (non-hydrogen) atoms. The minimum absolute atomic E-state index is 0.0801. The summed E-state index contributed by atoms with van der Waals surface area (Å²) in [6.45, 7) is 2.59. The van der Waals surface area contributed by atoms with Crippen LogP contribution < -0.4 is 0 Å². The molecule has 0 unspecified atom stereocenters. The maximum absolute atomic E-state index is 12.7. The summed E-state index contributed by atoms with van der Waals surface area (Å²) in [5.74, 6) is -1.53. The van der Waals surface area contributed by atoms with Gasteiger partial charge in [0.15, 0.2) is 5.78 Å². The first-order valence-corrected chi connectivity index (χ1v) is 8.45. The Balaban J connectivity index is 2.01. The summed E-state index contributed by atoms with van der Waals surface area (Å²) in [5.41, 5.74) is 2.09. The highest BCUT2D eigenvalue weighted by atomic mass is 17.1. The molecule has 0 saturated heterocycles. The number of rotatable bonds is 7. The summed E-state index contributed by atoms with van der Waals surface area (Å²) in [4.78, 5) is 17.6. The molecule has 0 aliphatic heterocycles. The molecule has 0 radical (unpaired) electrons. The van der Waals surface area contributed by atoms with Gasteiger partial charge in [-0.05, 0) is 6.42 Å². The van der Waals surface area contributed by atoms with Crippen molar-refractivity contribution in [1.29, 1.82) is 0 Å². The maximum atomic E-state index is 12.7. The Kier molecular flexibility index (Phi) is 5.09. The molecular formula is C20H22O4. The first-order chi connectivity index (χ1) is 11.7. The predicted octanol–water partition coefficient (Wildman–Crippen LogP) is 4.52. The Morgan fingerprint density at radius 1 is 0.917 bits per heavy atom. The Labute approximate surface area is 142 Å². The number of ether oxygens (including phenoxy) is 1. The molecule has 126 valence electrons. The molecule has 0 aromatic heterocycles. The van der Waals surface area contributed by atoms with E-state index >= 15 is 0 Å². The summed E-state index contributed by atoms with van der Waals surface area (Å²) >= 11 is 0. The average Bonchev–Trinajstić information content (AvgIpc) is 2.64. The van der Waals surface area contributed by atoms with E-state index in [0.29, 0.717) is 28.9 Å². The van der Waals surface area contributed by atoms with Crippen LogP contribution in [0, 0.1) is 0 Å². The number of benzene rings is 2. The van der Waals surface area contributed by atoms with Crippen molar-refractivity contribution in [3.63, 3.8) is 0 Å². The largest absolute Gasteiger partial charge is 0.340 e. The Morgan fingerprint density at radius 3 is 2.04 bits per heavy atom. The van der Waals surface area contributed by atoms with Crippen molar-refractivity contribution in [1.82, 2.24) is 0 Å². The number of ketones is 1. The summed E-state index contributed by atoms with van der Waals surface area (Å²) < 4.78 is 6.04. The van der Waals surface area contributed by atoms with E-state index in [0.717, 1.165) is 25.7 Å². The lowest BCUT2D eigenvalue weighted by atomic mass is 9.80. The van der Waals surface area contributed by atoms with Gasteiger partial charge in [-0.2, -0.15) is 4.89 Å². The second-order valence-electron chi connectivity index (χ2n) is 6.04. The summed E-state index contributed by atoms with van der Waals surface area (Å²) in [5, 5.41) is 9.79. The van der Waals surface area contributed by atoms with Crippen LogP contribution in [0.5, 0.6) is 0 Å². The second kappa shape index (κ2) is 7.26. The van der Waals surface area contributed by atoms with Gasteiger partial charge in [-0.3, -0.25) is 4.79 Å². The van der Waals surface area contributed by atoms with Crippen molar-refractivity contribution in [2.45, 2.75) is 38.4 Å². The van der Waals surface area contributed by atoms with Crippen LogP contribution in [-0.2, 0) is 15.4 Å². The fourth-order valence-corrected chi connectivity index (χ4v) is 3.25.